The minimum Gasteiger partial charge on any atom is -0.466 e. The average molecular weight is 258 g/mol. The first-order valence-corrected chi connectivity index (χ1v) is 5.95. The number of halogens is 1. The van der Waals surface area contributed by atoms with E-state index in [9.17, 15) is 0 Å². The molecule has 78 valence electrons. The highest BCUT2D eigenvalue weighted by molar-refractivity contribution is 9.10. The molecule has 0 amide bonds. The molecule has 0 bridgehead atoms. The maximum atomic E-state index is 5.41. The van der Waals surface area contributed by atoms with Crippen molar-refractivity contribution < 1.29 is 4.42 Å². The highest BCUT2D eigenvalue weighted by atomic mass is 79.9. The summed E-state index contributed by atoms with van der Waals surface area (Å²) in [4.78, 5) is 0. The van der Waals surface area contributed by atoms with Crippen LogP contribution in [0.5, 0.6) is 0 Å². The van der Waals surface area contributed by atoms with Crippen LogP contribution in [0.3, 0.4) is 0 Å². The molecule has 1 aromatic rings. The number of furan rings is 1. The van der Waals surface area contributed by atoms with E-state index in [2.05, 4.69) is 35.1 Å². The minimum absolute atomic E-state index is 0.303. The lowest BCUT2D eigenvalue weighted by atomic mass is 9.81. The molecule has 1 unspecified atom stereocenters. The van der Waals surface area contributed by atoms with Gasteiger partial charge in [-0.3, -0.25) is 0 Å². The van der Waals surface area contributed by atoms with Crippen molar-refractivity contribution in [2.24, 2.45) is 5.92 Å². The normalized spacial score (nSPS) is 28.5. The molecule has 0 aromatic carbocycles. The van der Waals surface area contributed by atoms with Crippen LogP contribution in [0.15, 0.2) is 21.2 Å². The lowest BCUT2D eigenvalue weighted by Crippen LogP contribution is -2.41. The SMILES string of the molecule is CC1CC(NC(C)c2occc2Br)C1. The van der Waals surface area contributed by atoms with Crippen LogP contribution in [0.2, 0.25) is 0 Å². The van der Waals surface area contributed by atoms with E-state index in [0.717, 1.165) is 16.2 Å². The molecule has 1 aromatic heterocycles. The van der Waals surface area contributed by atoms with Crippen LogP contribution in [0.4, 0.5) is 0 Å². The summed E-state index contributed by atoms with van der Waals surface area (Å²) in [6.07, 6.45) is 4.31. The summed E-state index contributed by atoms with van der Waals surface area (Å²) in [6.45, 7) is 4.44. The Balaban J connectivity index is 1.90. The highest BCUT2D eigenvalue weighted by Gasteiger charge is 2.27. The van der Waals surface area contributed by atoms with Gasteiger partial charge in [0.05, 0.1) is 16.8 Å². The standard InChI is InChI=1S/C11H16BrNO/c1-7-5-9(6-7)13-8(2)11-10(12)3-4-14-11/h3-4,7-9,13H,5-6H2,1-2H3. The Morgan fingerprint density at radius 1 is 1.57 bits per heavy atom. The fourth-order valence-corrected chi connectivity index (χ4v) is 2.63. The predicted octanol–water partition coefficient (Wildman–Crippen LogP) is 3.49. The zero-order valence-electron chi connectivity index (χ0n) is 8.59. The predicted molar refractivity (Wildman–Crippen MR) is 60.1 cm³/mol. The summed E-state index contributed by atoms with van der Waals surface area (Å²) in [6, 6.07) is 2.92. The minimum atomic E-state index is 0.303. The molecule has 1 atom stereocenters. The lowest BCUT2D eigenvalue weighted by Gasteiger charge is -2.35. The Morgan fingerprint density at radius 3 is 2.79 bits per heavy atom. The monoisotopic (exact) mass is 257 g/mol. The van der Waals surface area contributed by atoms with Gasteiger partial charge in [-0.05, 0) is 47.7 Å². The van der Waals surface area contributed by atoms with Crippen molar-refractivity contribution in [3.05, 3.63) is 22.6 Å². The first kappa shape index (κ1) is 10.2. The van der Waals surface area contributed by atoms with Crippen LogP contribution in [-0.4, -0.2) is 6.04 Å². The molecule has 3 heteroatoms. The maximum Gasteiger partial charge on any atom is 0.134 e. The molecule has 1 heterocycles. The van der Waals surface area contributed by atoms with E-state index in [1.165, 1.54) is 12.8 Å². The Labute approximate surface area is 93.2 Å². The molecule has 1 aliphatic rings. The summed E-state index contributed by atoms with van der Waals surface area (Å²) in [5, 5.41) is 3.57. The average Bonchev–Trinajstić information content (AvgIpc) is 2.48. The second-order valence-electron chi connectivity index (χ2n) is 4.29. The quantitative estimate of drug-likeness (QED) is 0.897. The van der Waals surface area contributed by atoms with Crippen LogP contribution >= 0.6 is 15.9 Å². The van der Waals surface area contributed by atoms with Crippen LogP contribution in [0.25, 0.3) is 0 Å². The first-order valence-electron chi connectivity index (χ1n) is 5.15. The lowest BCUT2D eigenvalue weighted by molar-refractivity contribution is 0.218. The van der Waals surface area contributed by atoms with Gasteiger partial charge in [0.25, 0.3) is 0 Å². The molecule has 1 N–H and O–H groups in total. The molecule has 0 saturated heterocycles. The summed E-state index contributed by atoms with van der Waals surface area (Å²) in [5.74, 6) is 1.89. The third kappa shape index (κ3) is 2.04. The van der Waals surface area contributed by atoms with E-state index >= 15 is 0 Å². The molecule has 1 aliphatic carbocycles. The second-order valence-corrected chi connectivity index (χ2v) is 5.15. The molecule has 1 fully saturated rings. The van der Waals surface area contributed by atoms with Gasteiger partial charge < -0.3 is 9.73 Å². The fraction of sp³-hybridized carbons (Fsp3) is 0.636. The Morgan fingerprint density at radius 2 is 2.29 bits per heavy atom. The summed E-state index contributed by atoms with van der Waals surface area (Å²) in [5.41, 5.74) is 0. The van der Waals surface area contributed by atoms with Crippen LogP contribution in [0.1, 0.15) is 38.5 Å². The van der Waals surface area contributed by atoms with Gasteiger partial charge in [0.2, 0.25) is 0 Å². The molecule has 0 spiro atoms. The van der Waals surface area contributed by atoms with E-state index in [1.807, 2.05) is 6.07 Å². The van der Waals surface area contributed by atoms with Crippen LogP contribution < -0.4 is 5.32 Å². The van der Waals surface area contributed by atoms with Gasteiger partial charge in [-0.2, -0.15) is 0 Å². The largest absolute Gasteiger partial charge is 0.466 e. The van der Waals surface area contributed by atoms with Crippen molar-refractivity contribution in [1.82, 2.24) is 5.32 Å². The molecule has 2 nitrogen and oxygen atoms in total. The van der Waals surface area contributed by atoms with E-state index in [1.54, 1.807) is 6.26 Å². The zero-order chi connectivity index (χ0) is 10.1. The Kier molecular flexibility index (Phi) is 2.98. The Hall–Kier alpha value is -0.280. The number of hydrogen-bond acceptors (Lipinski definition) is 2. The van der Waals surface area contributed by atoms with Crippen LogP contribution in [0, 0.1) is 5.92 Å². The van der Waals surface area contributed by atoms with Crippen molar-refractivity contribution in [3.8, 4) is 0 Å². The van der Waals surface area contributed by atoms with Crippen molar-refractivity contribution in [1.29, 1.82) is 0 Å². The van der Waals surface area contributed by atoms with Gasteiger partial charge in [0, 0.05) is 6.04 Å². The molecular weight excluding hydrogens is 242 g/mol. The van der Waals surface area contributed by atoms with Gasteiger partial charge >= 0.3 is 0 Å². The van der Waals surface area contributed by atoms with E-state index in [0.29, 0.717) is 12.1 Å². The van der Waals surface area contributed by atoms with E-state index < -0.39 is 0 Å². The van der Waals surface area contributed by atoms with Crippen molar-refractivity contribution in [3.63, 3.8) is 0 Å². The number of rotatable bonds is 3. The van der Waals surface area contributed by atoms with Crippen LogP contribution in [-0.2, 0) is 0 Å². The molecule has 2 rings (SSSR count). The maximum absolute atomic E-state index is 5.41. The Bertz CT molecular complexity index is 304. The van der Waals surface area contributed by atoms with E-state index in [-0.39, 0.29) is 0 Å². The third-order valence-electron chi connectivity index (χ3n) is 2.90. The van der Waals surface area contributed by atoms with Crippen molar-refractivity contribution in [2.45, 2.75) is 38.8 Å². The third-order valence-corrected chi connectivity index (χ3v) is 3.55. The summed E-state index contributed by atoms with van der Waals surface area (Å²) < 4.78 is 6.47. The highest BCUT2D eigenvalue weighted by Crippen LogP contribution is 2.30. The number of nitrogens with one attached hydrogen (secondary N) is 1. The first-order chi connectivity index (χ1) is 6.66. The van der Waals surface area contributed by atoms with Crippen molar-refractivity contribution >= 4 is 15.9 Å². The van der Waals surface area contributed by atoms with E-state index in [4.69, 9.17) is 4.42 Å². The molecule has 1 saturated carbocycles. The molecule has 0 radical (unpaired) electrons. The topological polar surface area (TPSA) is 25.2 Å². The molecule has 0 aliphatic heterocycles. The molecular formula is C11H16BrNO. The summed E-state index contributed by atoms with van der Waals surface area (Å²) >= 11 is 3.47. The van der Waals surface area contributed by atoms with Gasteiger partial charge in [0.1, 0.15) is 5.76 Å². The molecule has 14 heavy (non-hydrogen) atoms. The second kappa shape index (κ2) is 4.07. The fourth-order valence-electron chi connectivity index (χ4n) is 2.08. The number of hydrogen-bond donors (Lipinski definition) is 1. The zero-order valence-corrected chi connectivity index (χ0v) is 10.2. The van der Waals surface area contributed by atoms with Gasteiger partial charge in [-0.1, -0.05) is 6.92 Å². The van der Waals surface area contributed by atoms with Gasteiger partial charge in [-0.25, -0.2) is 0 Å². The smallest absolute Gasteiger partial charge is 0.134 e. The van der Waals surface area contributed by atoms with Gasteiger partial charge in [-0.15, -0.1) is 0 Å². The van der Waals surface area contributed by atoms with Crippen molar-refractivity contribution in [2.75, 3.05) is 0 Å². The summed E-state index contributed by atoms with van der Waals surface area (Å²) in [7, 11) is 0. The van der Waals surface area contributed by atoms with Gasteiger partial charge in [0.15, 0.2) is 0 Å².